The van der Waals surface area contributed by atoms with E-state index in [-0.39, 0.29) is 16.4 Å². The van der Waals surface area contributed by atoms with E-state index in [4.69, 9.17) is 11.6 Å². The summed E-state index contributed by atoms with van der Waals surface area (Å²) in [5, 5.41) is 12.9. The Bertz CT molecular complexity index is 919. The SMILES string of the molecule is O=C(Nc1ccccc1F)c1ccc(Nc2ccc(F)c(Cl)c2)nn1. The number of para-hydroxylation sites is 1. The molecule has 5 nitrogen and oxygen atoms in total. The Hall–Kier alpha value is -3.06. The van der Waals surface area contributed by atoms with Gasteiger partial charge in [0.15, 0.2) is 11.5 Å². The Morgan fingerprint density at radius 2 is 1.76 bits per heavy atom. The number of rotatable bonds is 4. The van der Waals surface area contributed by atoms with Crippen LogP contribution in [0.25, 0.3) is 0 Å². The highest BCUT2D eigenvalue weighted by molar-refractivity contribution is 6.31. The smallest absolute Gasteiger partial charge is 0.276 e. The van der Waals surface area contributed by atoms with Crippen LogP contribution >= 0.6 is 11.6 Å². The first kappa shape index (κ1) is 16.8. The number of halogens is 3. The van der Waals surface area contributed by atoms with Crippen LogP contribution < -0.4 is 10.6 Å². The van der Waals surface area contributed by atoms with E-state index in [2.05, 4.69) is 20.8 Å². The molecule has 0 spiro atoms. The fourth-order valence-corrected chi connectivity index (χ4v) is 2.17. The van der Waals surface area contributed by atoms with Crippen molar-refractivity contribution in [1.29, 1.82) is 0 Å². The van der Waals surface area contributed by atoms with Gasteiger partial charge in [0.1, 0.15) is 11.6 Å². The molecule has 1 amide bonds. The highest BCUT2D eigenvalue weighted by atomic mass is 35.5. The van der Waals surface area contributed by atoms with E-state index in [0.717, 1.165) is 0 Å². The predicted octanol–water partition coefficient (Wildman–Crippen LogP) is 4.40. The van der Waals surface area contributed by atoms with Gasteiger partial charge in [-0.25, -0.2) is 8.78 Å². The van der Waals surface area contributed by atoms with Gasteiger partial charge in [0.25, 0.3) is 5.91 Å². The van der Waals surface area contributed by atoms with E-state index in [0.29, 0.717) is 11.5 Å². The molecule has 25 heavy (non-hydrogen) atoms. The maximum absolute atomic E-state index is 13.5. The number of carbonyl (C=O) groups is 1. The first-order chi connectivity index (χ1) is 12.0. The van der Waals surface area contributed by atoms with Crippen LogP contribution in [0.5, 0.6) is 0 Å². The zero-order chi connectivity index (χ0) is 17.8. The Labute approximate surface area is 146 Å². The quantitative estimate of drug-likeness (QED) is 0.723. The number of amides is 1. The first-order valence-corrected chi connectivity index (χ1v) is 7.52. The van der Waals surface area contributed by atoms with Gasteiger partial charge in [0, 0.05) is 5.69 Å². The summed E-state index contributed by atoms with van der Waals surface area (Å²) in [4.78, 5) is 12.1. The lowest BCUT2D eigenvalue weighted by Crippen LogP contribution is -2.15. The van der Waals surface area contributed by atoms with Gasteiger partial charge in [-0.2, -0.15) is 0 Å². The van der Waals surface area contributed by atoms with Gasteiger partial charge in [-0.05, 0) is 42.5 Å². The van der Waals surface area contributed by atoms with Crippen molar-refractivity contribution in [2.45, 2.75) is 0 Å². The molecule has 0 bridgehead atoms. The Morgan fingerprint density at radius 1 is 0.960 bits per heavy atom. The molecule has 0 saturated carbocycles. The van der Waals surface area contributed by atoms with Gasteiger partial charge in [-0.1, -0.05) is 23.7 Å². The standard InChI is InChI=1S/C17H11ClF2N4O/c18-11-9-10(5-6-12(11)19)21-16-8-7-15(23-24-16)17(25)22-14-4-2-1-3-13(14)20/h1-9H,(H,21,24)(H,22,25). The van der Waals surface area contributed by atoms with E-state index in [1.165, 1.54) is 48.5 Å². The van der Waals surface area contributed by atoms with Crippen LogP contribution in [0.3, 0.4) is 0 Å². The van der Waals surface area contributed by atoms with Gasteiger partial charge < -0.3 is 10.6 Å². The van der Waals surface area contributed by atoms with Crippen LogP contribution in [0.1, 0.15) is 10.5 Å². The fraction of sp³-hybridized carbons (Fsp3) is 0. The third kappa shape index (κ3) is 4.07. The molecule has 0 radical (unpaired) electrons. The minimum Gasteiger partial charge on any atom is -0.339 e. The summed E-state index contributed by atoms with van der Waals surface area (Å²) in [6, 6.07) is 12.8. The minimum absolute atomic E-state index is 0.0194. The van der Waals surface area contributed by atoms with Crippen molar-refractivity contribution in [2.24, 2.45) is 0 Å². The lowest BCUT2D eigenvalue weighted by molar-refractivity contribution is 0.102. The normalized spacial score (nSPS) is 10.4. The van der Waals surface area contributed by atoms with Crippen molar-refractivity contribution >= 4 is 34.7 Å². The van der Waals surface area contributed by atoms with Crippen LogP contribution in [-0.4, -0.2) is 16.1 Å². The number of nitrogens with zero attached hydrogens (tertiary/aromatic N) is 2. The molecule has 0 aliphatic rings. The monoisotopic (exact) mass is 360 g/mol. The Kier molecular flexibility index (Phi) is 4.85. The second kappa shape index (κ2) is 7.23. The number of benzene rings is 2. The van der Waals surface area contributed by atoms with E-state index in [9.17, 15) is 13.6 Å². The molecule has 0 unspecified atom stereocenters. The average molecular weight is 361 g/mol. The van der Waals surface area contributed by atoms with E-state index < -0.39 is 17.5 Å². The molecule has 2 aromatic carbocycles. The number of hydrogen-bond acceptors (Lipinski definition) is 4. The third-order valence-corrected chi connectivity index (χ3v) is 3.50. The summed E-state index contributed by atoms with van der Waals surface area (Å²) >= 11 is 5.70. The fourth-order valence-electron chi connectivity index (χ4n) is 1.99. The van der Waals surface area contributed by atoms with Crippen molar-refractivity contribution in [3.8, 4) is 0 Å². The van der Waals surface area contributed by atoms with Crippen LogP contribution in [0.2, 0.25) is 5.02 Å². The second-order valence-electron chi connectivity index (χ2n) is 4.99. The maximum Gasteiger partial charge on any atom is 0.276 e. The highest BCUT2D eigenvalue weighted by Crippen LogP contribution is 2.21. The summed E-state index contributed by atoms with van der Waals surface area (Å²) < 4.78 is 26.7. The van der Waals surface area contributed by atoms with Crippen LogP contribution in [-0.2, 0) is 0 Å². The third-order valence-electron chi connectivity index (χ3n) is 3.21. The number of hydrogen-bond donors (Lipinski definition) is 2. The molecular weight excluding hydrogens is 350 g/mol. The molecule has 8 heteroatoms. The topological polar surface area (TPSA) is 66.9 Å². The molecule has 0 saturated heterocycles. The zero-order valence-electron chi connectivity index (χ0n) is 12.6. The van der Waals surface area contributed by atoms with Gasteiger partial charge in [0.05, 0.1) is 10.7 Å². The molecule has 0 atom stereocenters. The Balaban J connectivity index is 1.70. The van der Waals surface area contributed by atoms with Crippen LogP contribution in [0, 0.1) is 11.6 Å². The number of aromatic nitrogens is 2. The van der Waals surface area contributed by atoms with Gasteiger partial charge >= 0.3 is 0 Å². The molecule has 1 heterocycles. The predicted molar refractivity (Wildman–Crippen MR) is 91.1 cm³/mol. The summed E-state index contributed by atoms with van der Waals surface area (Å²) in [7, 11) is 0. The summed E-state index contributed by atoms with van der Waals surface area (Å²) in [6.45, 7) is 0. The van der Waals surface area contributed by atoms with Gasteiger partial charge in [-0.15, -0.1) is 10.2 Å². The number of nitrogens with one attached hydrogen (secondary N) is 2. The maximum atomic E-state index is 13.5. The summed E-state index contributed by atoms with van der Waals surface area (Å²) in [5.41, 5.74) is 0.590. The van der Waals surface area contributed by atoms with Crippen molar-refractivity contribution in [2.75, 3.05) is 10.6 Å². The highest BCUT2D eigenvalue weighted by Gasteiger charge is 2.11. The molecule has 2 N–H and O–H groups in total. The van der Waals surface area contributed by atoms with E-state index >= 15 is 0 Å². The molecule has 1 aromatic heterocycles. The van der Waals surface area contributed by atoms with Crippen molar-refractivity contribution < 1.29 is 13.6 Å². The molecule has 3 rings (SSSR count). The van der Waals surface area contributed by atoms with Crippen molar-refractivity contribution in [1.82, 2.24) is 10.2 Å². The number of carbonyl (C=O) groups excluding carboxylic acids is 1. The van der Waals surface area contributed by atoms with Gasteiger partial charge in [0.2, 0.25) is 0 Å². The van der Waals surface area contributed by atoms with Crippen LogP contribution in [0.15, 0.2) is 54.6 Å². The minimum atomic E-state index is -0.589. The number of anilines is 3. The molecule has 0 aliphatic carbocycles. The molecule has 0 aliphatic heterocycles. The largest absolute Gasteiger partial charge is 0.339 e. The molecule has 126 valence electrons. The summed E-state index contributed by atoms with van der Waals surface area (Å²) in [5.74, 6) is -1.33. The lowest BCUT2D eigenvalue weighted by atomic mass is 10.3. The van der Waals surface area contributed by atoms with Crippen molar-refractivity contribution in [3.05, 3.63) is 76.9 Å². The second-order valence-corrected chi connectivity index (χ2v) is 5.40. The van der Waals surface area contributed by atoms with E-state index in [1.807, 2.05) is 0 Å². The molecular formula is C17H11ClF2N4O. The average Bonchev–Trinajstić information content (AvgIpc) is 2.61. The molecule has 3 aromatic rings. The summed E-state index contributed by atoms with van der Waals surface area (Å²) in [6.07, 6.45) is 0. The van der Waals surface area contributed by atoms with E-state index in [1.54, 1.807) is 6.07 Å². The van der Waals surface area contributed by atoms with Crippen molar-refractivity contribution in [3.63, 3.8) is 0 Å². The Morgan fingerprint density at radius 3 is 2.44 bits per heavy atom. The lowest BCUT2D eigenvalue weighted by Gasteiger charge is -2.07. The zero-order valence-corrected chi connectivity index (χ0v) is 13.4. The molecule has 0 fully saturated rings. The van der Waals surface area contributed by atoms with Crippen LogP contribution in [0.4, 0.5) is 26.0 Å². The first-order valence-electron chi connectivity index (χ1n) is 7.14. The van der Waals surface area contributed by atoms with Gasteiger partial charge in [-0.3, -0.25) is 4.79 Å².